The summed E-state index contributed by atoms with van der Waals surface area (Å²) >= 11 is 0. The maximum absolute atomic E-state index is 5.22. The molecule has 0 aliphatic heterocycles. The lowest BCUT2D eigenvalue weighted by Gasteiger charge is -2.10. The van der Waals surface area contributed by atoms with Gasteiger partial charge in [-0.05, 0) is 37.1 Å². The van der Waals surface area contributed by atoms with Gasteiger partial charge in [-0.25, -0.2) is 0 Å². The molecule has 2 heteroatoms. The number of anilines is 1. The van der Waals surface area contributed by atoms with Crippen LogP contribution in [0.4, 0.5) is 5.69 Å². The molecule has 0 bridgehead atoms. The number of benzene rings is 1. The highest BCUT2D eigenvalue weighted by atomic mass is 16.5. The van der Waals surface area contributed by atoms with E-state index < -0.39 is 0 Å². The second kappa shape index (κ2) is 10.6. The molecule has 0 aliphatic rings. The Kier molecular flexibility index (Phi) is 8.93. The number of nitrogens with one attached hydrogen (secondary N) is 1. The van der Waals surface area contributed by atoms with Crippen molar-refractivity contribution in [2.24, 2.45) is 0 Å². The summed E-state index contributed by atoms with van der Waals surface area (Å²) in [4.78, 5) is 0. The summed E-state index contributed by atoms with van der Waals surface area (Å²) in [5.41, 5.74) is 2.48. The molecular formula is C18H31NO. The van der Waals surface area contributed by atoms with Gasteiger partial charge >= 0.3 is 0 Å². The first-order chi connectivity index (χ1) is 9.77. The van der Waals surface area contributed by atoms with Crippen LogP contribution in [0.15, 0.2) is 18.2 Å². The molecule has 0 aromatic heterocycles. The predicted molar refractivity (Wildman–Crippen MR) is 88.8 cm³/mol. The Hall–Kier alpha value is -1.18. The number of hydrogen-bond acceptors (Lipinski definition) is 2. The van der Waals surface area contributed by atoms with Crippen molar-refractivity contribution in [2.75, 3.05) is 19.0 Å². The fourth-order valence-electron chi connectivity index (χ4n) is 2.44. The molecule has 0 atom stereocenters. The minimum atomic E-state index is 0.931. The monoisotopic (exact) mass is 277 g/mol. The molecule has 1 N–H and O–H groups in total. The van der Waals surface area contributed by atoms with Gasteiger partial charge in [-0.2, -0.15) is 0 Å². The van der Waals surface area contributed by atoms with Crippen LogP contribution in [0.1, 0.15) is 63.9 Å². The Bertz CT molecular complexity index is 362. The molecule has 0 aliphatic carbocycles. The molecule has 0 heterocycles. The number of methoxy groups -OCH3 is 1. The zero-order chi connectivity index (χ0) is 14.6. The van der Waals surface area contributed by atoms with Crippen LogP contribution in [0.25, 0.3) is 0 Å². The second-order valence-corrected chi connectivity index (χ2v) is 5.58. The van der Waals surface area contributed by atoms with Crippen LogP contribution in [-0.4, -0.2) is 13.7 Å². The van der Waals surface area contributed by atoms with Gasteiger partial charge in [0.25, 0.3) is 0 Å². The average molecular weight is 277 g/mol. The van der Waals surface area contributed by atoms with E-state index in [1.165, 1.54) is 62.6 Å². The summed E-state index contributed by atoms with van der Waals surface area (Å²) in [7, 11) is 1.71. The van der Waals surface area contributed by atoms with Crippen molar-refractivity contribution < 1.29 is 4.74 Å². The lowest BCUT2D eigenvalue weighted by atomic mass is 10.1. The minimum absolute atomic E-state index is 0.931. The van der Waals surface area contributed by atoms with Gasteiger partial charge in [0.15, 0.2) is 0 Å². The minimum Gasteiger partial charge on any atom is -0.497 e. The molecule has 1 aromatic carbocycles. The summed E-state index contributed by atoms with van der Waals surface area (Å²) in [6.45, 7) is 5.47. The summed E-state index contributed by atoms with van der Waals surface area (Å²) in [5, 5.41) is 3.52. The highest BCUT2D eigenvalue weighted by Crippen LogP contribution is 2.21. The first kappa shape index (κ1) is 16.9. The number of aryl methyl sites for hydroxylation is 1. The molecule has 2 nitrogen and oxygen atoms in total. The number of unbranched alkanes of at least 4 members (excludes halogenated alkanes) is 7. The van der Waals surface area contributed by atoms with E-state index >= 15 is 0 Å². The molecular weight excluding hydrogens is 246 g/mol. The van der Waals surface area contributed by atoms with Gasteiger partial charge in [-0.1, -0.05) is 51.9 Å². The number of ether oxygens (including phenoxy) is 1. The van der Waals surface area contributed by atoms with Crippen LogP contribution in [0.3, 0.4) is 0 Å². The van der Waals surface area contributed by atoms with Crippen LogP contribution < -0.4 is 10.1 Å². The van der Waals surface area contributed by atoms with E-state index in [2.05, 4.69) is 31.3 Å². The van der Waals surface area contributed by atoms with Crippen molar-refractivity contribution in [3.63, 3.8) is 0 Å². The molecule has 0 unspecified atom stereocenters. The van der Waals surface area contributed by atoms with Crippen LogP contribution in [0, 0.1) is 6.92 Å². The fraction of sp³-hybridized carbons (Fsp3) is 0.667. The summed E-state index contributed by atoms with van der Waals surface area (Å²) in [6, 6.07) is 6.21. The second-order valence-electron chi connectivity index (χ2n) is 5.58. The molecule has 0 spiro atoms. The topological polar surface area (TPSA) is 21.3 Å². The molecule has 0 saturated carbocycles. The molecule has 0 fully saturated rings. The summed E-state index contributed by atoms with van der Waals surface area (Å²) in [6.07, 6.45) is 11.0. The normalized spacial score (nSPS) is 10.6. The molecule has 0 saturated heterocycles. The van der Waals surface area contributed by atoms with Crippen molar-refractivity contribution in [3.05, 3.63) is 23.8 Å². The van der Waals surface area contributed by atoms with Gasteiger partial charge in [-0.3, -0.25) is 0 Å². The van der Waals surface area contributed by atoms with Crippen molar-refractivity contribution in [2.45, 2.75) is 65.2 Å². The maximum atomic E-state index is 5.22. The van der Waals surface area contributed by atoms with Gasteiger partial charge < -0.3 is 10.1 Å². The zero-order valence-corrected chi connectivity index (χ0v) is 13.5. The Morgan fingerprint density at radius 1 is 0.950 bits per heavy atom. The average Bonchev–Trinajstić information content (AvgIpc) is 2.47. The quantitative estimate of drug-likeness (QED) is 0.535. The first-order valence-corrected chi connectivity index (χ1v) is 8.16. The van der Waals surface area contributed by atoms with E-state index in [4.69, 9.17) is 4.74 Å². The van der Waals surface area contributed by atoms with E-state index in [1.807, 2.05) is 6.07 Å². The summed E-state index contributed by atoms with van der Waals surface area (Å²) < 4.78 is 5.22. The van der Waals surface area contributed by atoms with E-state index in [-0.39, 0.29) is 0 Å². The molecule has 114 valence electrons. The zero-order valence-electron chi connectivity index (χ0n) is 13.5. The lowest BCUT2D eigenvalue weighted by Crippen LogP contribution is -2.03. The van der Waals surface area contributed by atoms with E-state index in [1.54, 1.807) is 7.11 Å². The number of hydrogen-bond donors (Lipinski definition) is 1. The fourth-order valence-corrected chi connectivity index (χ4v) is 2.44. The third kappa shape index (κ3) is 6.83. The lowest BCUT2D eigenvalue weighted by molar-refractivity contribution is 0.414. The van der Waals surface area contributed by atoms with Crippen LogP contribution in [0.5, 0.6) is 5.75 Å². The smallest absolute Gasteiger partial charge is 0.119 e. The third-order valence-electron chi connectivity index (χ3n) is 3.78. The Morgan fingerprint density at radius 2 is 1.60 bits per heavy atom. The molecule has 1 aromatic rings. The van der Waals surface area contributed by atoms with Crippen molar-refractivity contribution in [1.29, 1.82) is 0 Å². The van der Waals surface area contributed by atoms with Crippen molar-refractivity contribution >= 4 is 5.69 Å². The Morgan fingerprint density at radius 3 is 2.20 bits per heavy atom. The van der Waals surface area contributed by atoms with Crippen molar-refractivity contribution in [1.82, 2.24) is 0 Å². The van der Waals surface area contributed by atoms with E-state index in [0.29, 0.717) is 0 Å². The third-order valence-corrected chi connectivity index (χ3v) is 3.78. The van der Waals surface area contributed by atoms with Gasteiger partial charge in [0, 0.05) is 12.2 Å². The van der Waals surface area contributed by atoms with Crippen LogP contribution >= 0.6 is 0 Å². The SMILES string of the molecule is CCCCCCCCCCNc1ccc(OC)cc1C. The highest BCUT2D eigenvalue weighted by Gasteiger charge is 1.99. The highest BCUT2D eigenvalue weighted by molar-refractivity contribution is 5.53. The van der Waals surface area contributed by atoms with Gasteiger partial charge in [-0.15, -0.1) is 0 Å². The first-order valence-electron chi connectivity index (χ1n) is 8.16. The van der Waals surface area contributed by atoms with E-state index in [0.717, 1.165) is 12.3 Å². The maximum Gasteiger partial charge on any atom is 0.119 e. The molecule has 1 rings (SSSR count). The Balaban J connectivity index is 2.06. The van der Waals surface area contributed by atoms with Crippen LogP contribution in [-0.2, 0) is 0 Å². The van der Waals surface area contributed by atoms with Gasteiger partial charge in [0.2, 0.25) is 0 Å². The Labute approximate surface area is 124 Å². The number of rotatable bonds is 11. The molecule has 0 amide bonds. The summed E-state index contributed by atoms with van der Waals surface area (Å²) in [5.74, 6) is 0.931. The molecule has 0 radical (unpaired) electrons. The van der Waals surface area contributed by atoms with Gasteiger partial charge in [0.1, 0.15) is 5.75 Å². The van der Waals surface area contributed by atoms with Crippen LogP contribution in [0.2, 0.25) is 0 Å². The standard InChI is InChI=1S/C18H31NO/c1-4-5-6-7-8-9-10-11-14-19-18-13-12-17(20-3)15-16(18)2/h12-13,15,19H,4-11,14H2,1-3H3. The van der Waals surface area contributed by atoms with Gasteiger partial charge in [0.05, 0.1) is 7.11 Å². The van der Waals surface area contributed by atoms with Crippen molar-refractivity contribution in [3.8, 4) is 5.75 Å². The predicted octanol–water partition coefficient (Wildman–Crippen LogP) is 5.56. The van der Waals surface area contributed by atoms with E-state index in [9.17, 15) is 0 Å². The molecule has 20 heavy (non-hydrogen) atoms. The largest absolute Gasteiger partial charge is 0.497 e.